The first-order valence-corrected chi connectivity index (χ1v) is 11.3. The van der Waals surface area contributed by atoms with E-state index < -0.39 is 10.0 Å². The third-order valence-electron chi connectivity index (χ3n) is 3.87. The normalized spacial score (nSPS) is 11.5. The van der Waals surface area contributed by atoms with E-state index in [-0.39, 0.29) is 23.8 Å². The molecule has 0 saturated carbocycles. The van der Waals surface area contributed by atoms with Gasteiger partial charge in [-0.05, 0) is 48.6 Å². The Kier molecular flexibility index (Phi) is 6.00. The molecule has 0 aliphatic heterocycles. The van der Waals surface area contributed by atoms with Gasteiger partial charge < -0.3 is 5.32 Å². The third kappa shape index (κ3) is 4.98. The highest BCUT2D eigenvalue weighted by molar-refractivity contribution is 7.89. The highest BCUT2D eigenvalue weighted by atomic mass is 32.2. The van der Waals surface area contributed by atoms with E-state index in [4.69, 9.17) is 0 Å². The standard InChI is InChI=1S/C17H18N4O3S3/c1-11-3-4-14(9-12(11)2)27(23,24)18-7-5-15(22)19-17-21-20-16(26-17)13-6-8-25-10-13/h3-4,6,8-10,18H,5,7H2,1-2H3,(H,19,21,22). The van der Waals surface area contributed by atoms with Crippen LogP contribution in [0.15, 0.2) is 39.9 Å². The Balaban J connectivity index is 1.52. The Morgan fingerprint density at radius 1 is 1.15 bits per heavy atom. The van der Waals surface area contributed by atoms with Crippen LogP contribution in [0.5, 0.6) is 0 Å². The first kappa shape index (κ1) is 19.6. The minimum absolute atomic E-state index is 0.00254. The summed E-state index contributed by atoms with van der Waals surface area (Å²) in [6, 6.07) is 6.86. The van der Waals surface area contributed by atoms with Crippen LogP contribution in [0.3, 0.4) is 0 Å². The monoisotopic (exact) mass is 422 g/mol. The summed E-state index contributed by atoms with van der Waals surface area (Å²) in [6.07, 6.45) is -0.00254. The van der Waals surface area contributed by atoms with Crippen LogP contribution in [0.25, 0.3) is 10.6 Å². The van der Waals surface area contributed by atoms with Crippen LogP contribution in [0.1, 0.15) is 17.5 Å². The summed E-state index contributed by atoms with van der Waals surface area (Å²) in [7, 11) is -3.65. The number of thiophene rings is 1. The number of amides is 1. The van der Waals surface area contributed by atoms with Gasteiger partial charge in [0.1, 0.15) is 5.01 Å². The van der Waals surface area contributed by atoms with Crippen molar-refractivity contribution in [1.29, 1.82) is 0 Å². The molecule has 0 atom stereocenters. The second-order valence-electron chi connectivity index (χ2n) is 5.87. The number of anilines is 1. The molecule has 2 heterocycles. The maximum Gasteiger partial charge on any atom is 0.240 e. The molecule has 27 heavy (non-hydrogen) atoms. The number of benzene rings is 1. The molecule has 1 aromatic carbocycles. The molecule has 0 aliphatic carbocycles. The van der Waals surface area contributed by atoms with Crippen molar-refractivity contribution in [2.45, 2.75) is 25.2 Å². The first-order valence-electron chi connectivity index (χ1n) is 8.08. The van der Waals surface area contributed by atoms with Crippen molar-refractivity contribution in [3.8, 4) is 10.6 Å². The number of rotatable bonds is 7. The summed E-state index contributed by atoms with van der Waals surface area (Å²) in [5, 5.41) is 15.6. The number of hydrogen-bond acceptors (Lipinski definition) is 7. The summed E-state index contributed by atoms with van der Waals surface area (Å²) in [4.78, 5) is 12.2. The van der Waals surface area contributed by atoms with E-state index in [1.165, 1.54) is 11.3 Å². The minimum atomic E-state index is -3.65. The molecule has 0 saturated heterocycles. The molecular formula is C17H18N4O3S3. The molecule has 3 aromatic rings. The van der Waals surface area contributed by atoms with Gasteiger partial charge in [-0.1, -0.05) is 17.4 Å². The van der Waals surface area contributed by atoms with Crippen LogP contribution < -0.4 is 10.0 Å². The van der Waals surface area contributed by atoms with Crippen LogP contribution in [-0.4, -0.2) is 31.1 Å². The maximum atomic E-state index is 12.3. The topological polar surface area (TPSA) is 101 Å². The van der Waals surface area contributed by atoms with E-state index in [0.717, 1.165) is 21.7 Å². The Morgan fingerprint density at radius 3 is 2.67 bits per heavy atom. The molecule has 2 N–H and O–H groups in total. The van der Waals surface area contributed by atoms with Crippen LogP contribution >= 0.6 is 22.7 Å². The van der Waals surface area contributed by atoms with Crippen molar-refractivity contribution in [3.63, 3.8) is 0 Å². The quantitative estimate of drug-likeness (QED) is 0.609. The molecule has 1 amide bonds. The molecule has 7 nitrogen and oxygen atoms in total. The van der Waals surface area contributed by atoms with Crippen LogP contribution in [0.2, 0.25) is 0 Å². The summed E-state index contributed by atoms with van der Waals surface area (Å²) in [6.45, 7) is 3.77. The molecule has 142 valence electrons. The lowest BCUT2D eigenvalue weighted by molar-refractivity contribution is -0.116. The number of aryl methyl sites for hydroxylation is 2. The van der Waals surface area contributed by atoms with Gasteiger partial charge in [-0.3, -0.25) is 4.79 Å². The minimum Gasteiger partial charge on any atom is -0.300 e. The number of nitrogens with one attached hydrogen (secondary N) is 2. The van der Waals surface area contributed by atoms with Gasteiger partial charge in [0.25, 0.3) is 0 Å². The Labute approximate surface area is 165 Å². The molecule has 2 aromatic heterocycles. The second kappa shape index (κ2) is 8.26. The average molecular weight is 423 g/mol. The third-order valence-corrected chi connectivity index (χ3v) is 6.90. The highest BCUT2D eigenvalue weighted by Crippen LogP contribution is 2.27. The zero-order valence-corrected chi connectivity index (χ0v) is 17.2. The van der Waals surface area contributed by atoms with Crippen LogP contribution in [0, 0.1) is 13.8 Å². The summed E-state index contributed by atoms with van der Waals surface area (Å²) in [5.41, 5.74) is 2.87. The van der Waals surface area contributed by atoms with E-state index in [1.54, 1.807) is 29.5 Å². The van der Waals surface area contributed by atoms with E-state index in [1.807, 2.05) is 30.7 Å². The lowest BCUT2D eigenvalue weighted by Gasteiger charge is -2.08. The van der Waals surface area contributed by atoms with Gasteiger partial charge in [0.15, 0.2) is 0 Å². The average Bonchev–Trinajstić information content (AvgIpc) is 3.28. The SMILES string of the molecule is Cc1ccc(S(=O)(=O)NCCC(=O)Nc2nnc(-c3ccsc3)s2)cc1C. The van der Waals surface area contributed by atoms with Gasteiger partial charge in [-0.15, -0.1) is 10.2 Å². The van der Waals surface area contributed by atoms with E-state index in [9.17, 15) is 13.2 Å². The van der Waals surface area contributed by atoms with Gasteiger partial charge in [0.05, 0.1) is 4.90 Å². The fourth-order valence-electron chi connectivity index (χ4n) is 2.22. The summed E-state index contributed by atoms with van der Waals surface area (Å²) in [5.74, 6) is -0.328. The van der Waals surface area contributed by atoms with Crippen LogP contribution in [-0.2, 0) is 14.8 Å². The second-order valence-corrected chi connectivity index (χ2v) is 9.39. The Bertz CT molecular complexity index is 1040. The van der Waals surface area contributed by atoms with Crippen molar-refractivity contribution in [3.05, 3.63) is 46.2 Å². The largest absolute Gasteiger partial charge is 0.300 e. The highest BCUT2D eigenvalue weighted by Gasteiger charge is 2.15. The molecular weight excluding hydrogens is 404 g/mol. The van der Waals surface area contributed by atoms with Crippen molar-refractivity contribution >= 4 is 43.7 Å². The lowest BCUT2D eigenvalue weighted by atomic mass is 10.1. The van der Waals surface area contributed by atoms with Gasteiger partial charge in [-0.2, -0.15) is 11.3 Å². The first-order chi connectivity index (χ1) is 12.8. The molecule has 0 unspecified atom stereocenters. The number of aromatic nitrogens is 2. The van der Waals surface area contributed by atoms with Crippen molar-refractivity contribution < 1.29 is 13.2 Å². The molecule has 0 radical (unpaired) electrons. The summed E-state index contributed by atoms with van der Waals surface area (Å²) < 4.78 is 27.1. The van der Waals surface area contributed by atoms with Gasteiger partial charge in [-0.25, -0.2) is 13.1 Å². The number of nitrogens with zero attached hydrogens (tertiary/aromatic N) is 2. The molecule has 0 bridgehead atoms. The number of sulfonamides is 1. The van der Waals surface area contributed by atoms with Crippen molar-refractivity contribution in [1.82, 2.24) is 14.9 Å². The molecule has 10 heteroatoms. The van der Waals surface area contributed by atoms with E-state index >= 15 is 0 Å². The molecule has 0 fully saturated rings. The van der Waals surface area contributed by atoms with Gasteiger partial charge in [0, 0.05) is 23.9 Å². The molecule has 0 aliphatic rings. The van der Waals surface area contributed by atoms with E-state index in [2.05, 4.69) is 20.2 Å². The predicted molar refractivity (Wildman–Crippen MR) is 108 cm³/mol. The van der Waals surface area contributed by atoms with Crippen molar-refractivity contribution in [2.75, 3.05) is 11.9 Å². The fourth-order valence-corrected chi connectivity index (χ4v) is 4.81. The number of carbonyl (C=O) groups is 1. The van der Waals surface area contributed by atoms with Gasteiger partial charge >= 0.3 is 0 Å². The molecule has 0 spiro atoms. The smallest absolute Gasteiger partial charge is 0.240 e. The van der Waals surface area contributed by atoms with Crippen molar-refractivity contribution in [2.24, 2.45) is 0 Å². The fraction of sp³-hybridized carbons (Fsp3) is 0.235. The molecule has 3 rings (SSSR count). The maximum absolute atomic E-state index is 12.3. The summed E-state index contributed by atoms with van der Waals surface area (Å²) >= 11 is 2.83. The van der Waals surface area contributed by atoms with Gasteiger partial charge in [0.2, 0.25) is 21.1 Å². The number of hydrogen-bond donors (Lipinski definition) is 2. The Morgan fingerprint density at radius 2 is 1.96 bits per heavy atom. The Hall–Kier alpha value is -2.14. The lowest BCUT2D eigenvalue weighted by Crippen LogP contribution is -2.28. The van der Waals surface area contributed by atoms with E-state index in [0.29, 0.717) is 5.13 Å². The predicted octanol–water partition coefficient (Wildman–Crippen LogP) is 3.19. The van der Waals surface area contributed by atoms with Crippen LogP contribution in [0.4, 0.5) is 5.13 Å². The number of carbonyl (C=O) groups excluding carboxylic acids is 1. The zero-order valence-electron chi connectivity index (χ0n) is 14.7. The zero-order chi connectivity index (χ0) is 19.4.